The molecule has 0 unspecified atom stereocenters. The van der Waals surface area contributed by atoms with Crippen LogP contribution in [-0.4, -0.2) is 21.3 Å². The van der Waals surface area contributed by atoms with Crippen LogP contribution in [0.2, 0.25) is 0 Å². The van der Waals surface area contributed by atoms with Crippen molar-refractivity contribution in [2.75, 3.05) is 0 Å². The molecule has 0 aliphatic carbocycles. The molecule has 0 aliphatic rings. The van der Waals surface area contributed by atoms with E-state index < -0.39 is 5.97 Å². The van der Waals surface area contributed by atoms with E-state index in [4.69, 9.17) is 5.11 Å². The Morgan fingerprint density at radius 3 is 3.08 bits per heavy atom. The zero-order valence-corrected chi connectivity index (χ0v) is 7.17. The third-order valence-electron chi connectivity index (χ3n) is 1.62. The first-order chi connectivity index (χ1) is 5.79. The maximum Gasteiger partial charge on any atom is 0.403 e. The van der Waals surface area contributed by atoms with Crippen molar-refractivity contribution in [2.45, 2.75) is 0 Å². The van der Waals surface area contributed by atoms with Crippen LogP contribution in [0.15, 0.2) is 18.5 Å². The van der Waals surface area contributed by atoms with E-state index in [1.807, 2.05) is 0 Å². The standard InChI is InChI=1S/C7H5N3O2.ClH/c11-7(12)6-5-4(1-2-8-6)3-9-10-5;/h1-3H,(H,9,10)(H,11,12);1H. The van der Waals surface area contributed by atoms with Gasteiger partial charge in [-0.2, -0.15) is 5.10 Å². The Kier molecular flexibility index (Phi) is 2.48. The Bertz CT molecular complexity index is 440. The maximum absolute atomic E-state index is 10.6. The average Bonchev–Trinajstić information content (AvgIpc) is 2.49. The molecular weight excluding hydrogens is 194 g/mol. The molecule has 0 fully saturated rings. The van der Waals surface area contributed by atoms with Gasteiger partial charge in [0.25, 0.3) is 0 Å². The molecule has 3 N–H and O–H groups in total. The lowest BCUT2D eigenvalue weighted by Crippen LogP contribution is -3.00. The highest BCUT2D eigenvalue weighted by atomic mass is 35.5. The lowest BCUT2D eigenvalue weighted by atomic mass is 10.2. The fraction of sp³-hybridized carbons (Fsp3) is 0. The normalized spacial score (nSPS) is 9.54. The summed E-state index contributed by atoms with van der Waals surface area (Å²) in [5.74, 6) is -0.996. The van der Waals surface area contributed by atoms with Gasteiger partial charge in [-0.15, -0.1) is 0 Å². The summed E-state index contributed by atoms with van der Waals surface area (Å²) in [7, 11) is 0. The number of hydrogen-bond acceptors (Lipinski definition) is 2. The van der Waals surface area contributed by atoms with Crippen molar-refractivity contribution in [3.63, 3.8) is 0 Å². The molecule has 2 aromatic heterocycles. The lowest BCUT2D eigenvalue weighted by Gasteiger charge is -1.86. The predicted molar refractivity (Wildman–Crippen MR) is 39.6 cm³/mol. The summed E-state index contributed by atoms with van der Waals surface area (Å²) >= 11 is 0. The minimum atomic E-state index is -0.996. The van der Waals surface area contributed by atoms with Gasteiger partial charge >= 0.3 is 11.7 Å². The summed E-state index contributed by atoms with van der Waals surface area (Å²) < 4.78 is 0. The van der Waals surface area contributed by atoms with E-state index in [-0.39, 0.29) is 18.1 Å². The van der Waals surface area contributed by atoms with E-state index in [2.05, 4.69) is 15.2 Å². The molecule has 0 radical (unpaired) electrons. The second kappa shape index (κ2) is 3.40. The molecule has 0 atom stereocenters. The van der Waals surface area contributed by atoms with Gasteiger partial charge in [0.2, 0.25) is 0 Å². The van der Waals surface area contributed by atoms with Crippen LogP contribution in [0.1, 0.15) is 10.5 Å². The van der Waals surface area contributed by atoms with Crippen molar-refractivity contribution in [3.05, 3.63) is 24.2 Å². The predicted octanol–water partition coefficient (Wildman–Crippen LogP) is -2.92. The molecule has 13 heavy (non-hydrogen) atoms. The molecule has 0 saturated heterocycles. The summed E-state index contributed by atoms with van der Waals surface area (Å²) in [6, 6.07) is 1.76. The average molecular weight is 200 g/mol. The van der Waals surface area contributed by atoms with Crippen molar-refractivity contribution in [2.24, 2.45) is 0 Å². The van der Waals surface area contributed by atoms with Crippen molar-refractivity contribution >= 4 is 16.9 Å². The Labute approximate surface area is 79.2 Å². The second-order valence-corrected chi connectivity index (χ2v) is 2.36. The number of nitrogens with one attached hydrogen (secondary N) is 2. The topological polar surface area (TPSA) is 80.1 Å². The number of rotatable bonds is 1. The third-order valence-corrected chi connectivity index (χ3v) is 1.62. The highest BCUT2D eigenvalue weighted by Gasteiger charge is 2.16. The number of aromatic amines is 2. The first-order valence-corrected chi connectivity index (χ1v) is 3.36. The lowest BCUT2D eigenvalue weighted by molar-refractivity contribution is -0.381. The van der Waals surface area contributed by atoms with Crippen LogP contribution in [0, 0.1) is 0 Å². The number of nitrogens with zero attached hydrogens (tertiary/aromatic N) is 1. The van der Waals surface area contributed by atoms with E-state index in [1.165, 1.54) is 0 Å². The molecule has 0 aromatic carbocycles. The molecular formula is C7H6ClN3O2. The van der Waals surface area contributed by atoms with E-state index >= 15 is 0 Å². The molecule has 68 valence electrons. The second-order valence-electron chi connectivity index (χ2n) is 2.36. The Balaban J connectivity index is 0.000000845. The van der Waals surface area contributed by atoms with Gasteiger partial charge in [0.1, 0.15) is 5.52 Å². The highest BCUT2D eigenvalue weighted by Crippen LogP contribution is 2.09. The fourth-order valence-electron chi connectivity index (χ4n) is 1.08. The smallest absolute Gasteiger partial charge is 0.403 e. The number of carboxylic acid groups (broad SMARTS) is 1. The number of carboxylic acids is 1. The van der Waals surface area contributed by atoms with E-state index in [9.17, 15) is 4.79 Å². The Morgan fingerprint density at radius 1 is 1.62 bits per heavy atom. The van der Waals surface area contributed by atoms with Crippen LogP contribution in [0.4, 0.5) is 0 Å². The van der Waals surface area contributed by atoms with Gasteiger partial charge in [-0.25, -0.2) is 9.78 Å². The first-order valence-electron chi connectivity index (χ1n) is 3.36. The molecule has 0 spiro atoms. The van der Waals surface area contributed by atoms with Gasteiger partial charge in [-0.1, -0.05) is 0 Å². The molecule has 0 amide bonds. The molecule has 0 aliphatic heterocycles. The highest BCUT2D eigenvalue weighted by molar-refractivity contribution is 5.97. The van der Waals surface area contributed by atoms with Crippen molar-refractivity contribution in [3.8, 4) is 0 Å². The van der Waals surface area contributed by atoms with Crippen LogP contribution in [0.5, 0.6) is 0 Å². The molecule has 5 nitrogen and oxygen atoms in total. The number of halogens is 1. The fourth-order valence-corrected chi connectivity index (χ4v) is 1.08. The minimum Gasteiger partial charge on any atom is -1.00 e. The summed E-state index contributed by atoms with van der Waals surface area (Å²) in [5, 5.41) is 15.8. The van der Waals surface area contributed by atoms with Gasteiger partial charge in [-0.3, -0.25) is 5.10 Å². The Morgan fingerprint density at radius 2 is 2.38 bits per heavy atom. The molecule has 2 heterocycles. The number of aromatic carboxylic acids is 1. The van der Waals surface area contributed by atoms with Crippen LogP contribution in [0.3, 0.4) is 0 Å². The maximum atomic E-state index is 10.6. The number of pyridine rings is 1. The van der Waals surface area contributed by atoms with E-state index in [0.717, 1.165) is 5.39 Å². The van der Waals surface area contributed by atoms with Crippen LogP contribution in [-0.2, 0) is 0 Å². The summed E-state index contributed by atoms with van der Waals surface area (Å²) in [4.78, 5) is 13.3. The minimum absolute atomic E-state index is 0. The zero-order valence-electron chi connectivity index (χ0n) is 6.41. The van der Waals surface area contributed by atoms with Gasteiger partial charge in [0.05, 0.1) is 6.20 Å². The quantitative estimate of drug-likeness (QED) is 0.517. The molecule has 2 aromatic rings. The summed E-state index contributed by atoms with van der Waals surface area (Å²) in [6.07, 6.45) is 3.15. The van der Waals surface area contributed by atoms with E-state index in [1.54, 1.807) is 18.5 Å². The number of H-pyrrole nitrogens is 2. The van der Waals surface area contributed by atoms with Crippen LogP contribution < -0.4 is 17.4 Å². The van der Waals surface area contributed by atoms with Crippen LogP contribution >= 0.6 is 0 Å². The molecule has 6 heteroatoms. The van der Waals surface area contributed by atoms with Crippen molar-refractivity contribution in [1.29, 1.82) is 0 Å². The number of fused-ring (bicyclic) bond motifs is 1. The van der Waals surface area contributed by atoms with Crippen molar-refractivity contribution < 1.29 is 27.3 Å². The summed E-state index contributed by atoms with van der Waals surface area (Å²) in [6.45, 7) is 0. The Hall–Kier alpha value is -1.62. The molecule has 0 bridgehead atoms. The van der Waals surface area contributed by atoms with Crippen molar-refractivity contribution in [1.82, 2.24) is 10.2 Å². The zero-order chi connectivity index (χ0) is 8.55. The van der Waals surface area contributed by atoms with Gasteiger partial charge < -0.3 is 17.5 Å². The monoisotopic (exact) mass is 199 g/mol. The molecule has 0 saturated carbocycles. The molecule has 2 rings (SSSR count). The van der Waals surface area contributed by atoms with Gasteiger partial charge in [-0.05, 0) is 0 Å². The van der Waals surface area contributed by atoms with Gasteiger partial charge in [0.15, 0.2) is 6.20 Å². The largest absolute Gasteiger partial charge is 1.00 e. The van der Waals surface area contributed by atoms with Crippen LogP contribution in [0.25, 0.3) is 10.9 Å². The number of aromatic nitrogens is 3. The van der Waals surface area contributed by atoms with E-state index in [0.29, 0.717) is 5.52 Å². The van der Waals surface area contributed by atoms with Gasteiger partial charge in [0, 0.05) is 11.5 Å². The number of hydrogen-bond donors (Lipinski definition) is 2. The third kappa shape index (κ3) is 1.46. The summed E-state index contributed by atoms with van der Waals surface area (Å²) in [5.41, 5.74) is 0.648. The number of carbonyl (C=O) groups is 1. The first kappa shape index (κ1) is 9.47. The SMILES string of the molecule is O=C(O)c1[nH+]ccc2cn[nH]c12.[Cl-].